The number of hydrogen-bond acceptors (Lipinski definition) is 5. The lowest BCUT2D eigenvalue weighted by Gasteiger charge is -2.19. The fourth-order valence-electron chi connectivity index (χ4n) is 2.97. The number of esters is 1. The summed E-state index contributed by atoms with van der Waals surface area (Å²) in [5, 5.41) is 8.72. The highest BCUT2D eigenvalue weighted by Crippen LogP contribution is 2.35. The summed E-state index contributed by atoms with van der Waals surface area (Å²) in [4.78, 5) is 27.4. The summed E-state index contributed by atoms with van der Waals surface area (Å²) in [6.45, 7) is 1.44. The minimum atomic E-state index is -0.553. The molecule has 0 radical (unpaired) electrons. The maximum Gasteiger partial charge on any atom is 0.355 e. The second-order valence-electron chi connectivity index (χ2n) is 5.38. The van der Waals surface area contributed by atoms with Crippen molar-refractivity contribution in [3.63, 3.8) is 0 Å². The van der Waals surface area contributed by atoms with E-state index in [0.717, 1.165) is 11.5 Å². The Kier molecular flexibility index (Phi) is 3.85. The lowest BCUT2D eigenvalue weighted by molar-refractivity contribution is 0.0426. The normalized spacial score (nSPS) is 17.4. The highest BCUT2D eigenvalue weighted by Gasteiger charge is 2.33. The molecule has 1 unspecified atom stereocenters. The van der Waals surface area contributed by atoms with Crippen LogP contribution in [-0.2, 0) is 11.2 Å². The third kappa shape index (κ3) is 2.46. The number of carbonyl (C=O) groups excluding carboxylic acids is 2. The number of nitrogens with one attached hydrogen (secondary N) is 1. The van der Waals surface area contributed by atoms with Gasteiger partial charge in [-0.05, 0) is 31.0 Å². The fraction of sp³-hybridized carbons (Fsp3) is 0.375. The summed E-state index contributed by atoms with van der Waals surface area (Å²) in [5.41, 5.74) is 2.22. The van der Waals surface area contributed by atoms with Gasteiger partial charge in [-0.25, -0.2) is 4.79 Å². The molecule has 0 spiro atoms. The summed E-state index contributed by atoms with van der Waals surface area (Å²) in [5.74, 6) is 0.200. The lowest BCUT2D eigenvalue weighted by atomic mass is 9.84. The van der Waals surface area contributed by atoms with Crippen molar-refractivity contribution >= 4 is 11.8 Å². The van der Waals surface area contributed by atoms with Crippen molar-refractivity contribution < 1.29 is 23.8 Å². The molecule has 22 heavy (non-hydrogen) atoms. The Morgan fingerprint density at radius 3 is 3.00 bits per heavy atom. The smallest absolute Gasteiger partial charge is 0.355 e. The molecule has 1 aliphatic carbocycles. The topological polar surface area (TPSA) is 92.5 Å². The Labute approximate surface area is 127 Å². The first kappa shape index (κ1) is 14.6. The van der Waals surface area contributed by atoms with E-state index in [1.807, 2.05) is 6.07 Å². The number of aromatic amines is 1. The van der Waals surface area contributed by atoms with Crippen LogP contribution >= 0.6 is 0 Å². The molecule has 0 aromatic carbocycles. The van der Waals surface area contributed by atoms with Gasteiger partial charge in [-0.1, -0.05) is 0 Å². The number of ketones is 1. The van der Waals surface area contributed by atoms with Crippen LogP contribution in [0.5, 0.6) is 0 Å². The van der Waals surface area contributed by atoms with Gasteiger partial charge in [0.15, 0.2) is 5.78 Å². The Morgan fingerprint density at radius 2 is 2.32 bits per heavy atom. The summed E-state index contributed by atoms with van der Waals surface area (Å²) in [7, 11) is 0. The molecule has 0 saturated heterocycles. The van der Waals surface area contributed by atoms with Gasteiger partial charge in [-0.2, -0.15) is 0 Å². The van der Waals surface area contributed by atoms with E-state index in [0.29, 0.717) is 24.0 Å². The molecule has 0 saturated carbocycles. The first-order chi connectivity index (χ1) is 10.6. The van der Waals surface area contributed by atoms with Crippen molar-refractivity contribution in [2.75, 3.05) is 13.2 Å². The monoisotopic (exact) mass is 303 g/mol. The molecule has 6 nitrogen and oxygen atoms in total. The summed E-state index contributed by atoms with van der Waals surface area (Å²) in [6.07, 6.45) is 2.57. The van der Waals surface area contributed by atoms with E-state index in [1.54, 1.807) is 19.3 Å². The van der Waals surface area contributed by atoms with Crippen LogP contribution in [0, 0.1) is 6.92 Å². The number of hydrogen-bond donors (Lipinski definition) is 2. The van der Waals surface area contributed by atoms with E-state index < -0.39 is 5.97 Å². The number of rotatable bonds is 4. The van der Waals surface area contributed by atoms with Gasteiger partial charge in [-0.15, -0.1) is 0 Å². The molecule has 0 aliphatic heterocycles. The zero-order chi connectivity index (χ0) is 15.7. The van der Waals surface area contributed by atoms with Crippen molar-refractivity contribution in [1.29, 1.82) is 0 Å². The molecule has 2 aromatic rings. The molecule has 2 aromatic heterocycles. The lowest BCUT2D eigenvalue weighted by Crippen LogP contribution is -2.18. The van der Waals surface area contributed by atoms with Gasteiger partial charge in [0.2, 0.25) is 0 Å². The molecule has 3 rings (SSSR count). The number of fused-ring (bicyclic) bond motifs is 1. The maximum atomic E-state index is 12.4. The molecule has 2 N–H and O–H groups in total. The molecule has 0 amide bonds. The largest absolute Gasteiger partial charge is 0.469 e. The summed E-state index contributed by atoms with van der Waals surface area (Å²) < 4.78 is 10.3. The first-order valence-corrected chi connectivity index (χ1v) is 7.17. The molecular weight excluding hydrogens is 286 g/mol. The van der Waals surface area contributed by atoms with Crippen LogP contribution in [0.3, 0.4) is 0 Å². The van der Waals surface area contributed by atoms with Gasteiger partial charge < -0.3 is 19.2 Å². The highest BCUT2D eigenvalue weighted by atomic mass is 16.5. The average Bonchev–Trinajstić information content (AvgIpc) is 3.13. The molecule has 1 atom stereocenters. The molecule has 0 bridgehead atoms. The third-order valence-corrected chi connectivity index (χ3v) is 3.96. The van der Waals surface area contributed by atoms with Crippen molar-refractivity contribution in [2.24, 2.45) is 0 Å². The Morgan fingerprint density at radius 1 is 1.50 bits per heavy atom. The van der Waals surface area contributed by atoms with Gasteiger partial charge in [-0.3, -0.25) is 4.79 Å². The number of aliphatic hydroxyl groups is 1. The van der Waals surface area contributed by atoms with E-state index in [9.17, 15) is 9.59 Å². The van der Waals surface area contributed by atoms with Gasteiger partial charge in [0, 0.05) is 23.6 Å². The van der Waals surface area contributed by atoms with Crippen LogP contribution < -0.4 is 0 Å². The second kappa shape index (κ2) is 5.81. The predicted molar refractivity (Wildman–Crippen MR) is 77.0 cm³/mol. The molecule has 2 heterocycles. The first-order valence-electron chi connectivity index (χ1n) is 7.17. The third-order valence-electron chi connectivity index (χ3n) is 3.96. The zero-order valence-electron chi connectivity index (χ0n) is 12.2. The van der Waals surface area contributed by atoms with E-state index in [1.165, 1.54) is 0 Å². The standard InChI is InChI=1S/C16H17NO5/c1-9-14-11(17-15(9)16(20)22-6-4-18)7-10(8-12(14)19)13-3-2-5-21-13/h2-3,5,10,17-18H,4,6-8H2,1H3. The number of carbonyl (C=O) groups is 2. The summed E-state index contributed by atoms with van der Waals surface area (Å²) >= 11 is 0. The van der Waals surface area contributed by atoms with E-state index >= 15 is 0 Å². The van der Waals surface area contributed by atoms with E-state index in [4.69, 9.17) is 14.3 Å². The van der Waals surface area contributed by atoms with Crippen LogP contribution in [0.2, 0.25) is 0 Å². The van der Waals surface area contributed by atoms with E-state index in [-0.39, 0.29) is 30.6 Å². The second-order valence-corrected chi connectivity index (χ2v) is 5.38. The molecule has 116 valence electrons. The van der Waals surface area contributed by atoms with Crippen molar-refractivity contribution in [3.8, 4) is 0 Å². The van der Waals surface area contributed by atoms with Crippen LogP contribution in [0.15, 0.2) is 22.8 Å². The minimum Gasteiger partial charge on any atom is -0.469 e. The van der Waals surface area contributed by atoms with Crippen LogP contribution in [-0.4, -0.2) is 35.1 Å². The van der Waals surface area contributed by atoms with E-state index in [2.05, 4.69) is 4.98 Å². The van der Waals surface area contributed by atoms with Gasteiger partial charge in [0.25, 0.3) is 0 Å². The van der Waals surface area contributed by atoms with Crippen LogP contribution in [0.4, 0.5) is 0 Å². The predicted octanol–water partition coefficient (Wildman–Crippen LogP) is 1.98. The maximum absolute atomic E-state index is 12.4. The number of H-pyrrole nitrogens is 1. The van der Waals surface area contributed by atoms with Gasteiger partial charge >= 0.3 is 5.97 Å². The number of aliphatic hydroxyl groups excluding tert-OH is 1. The highest BCUT2D eigenvalue weighted by molar-refractivity contribution is 6.03. The molecule has 1 aliphatic rings. The number of aromatic nitrogens is 1. The minimum absolute atomic E-state index is 0.00221. The molecule has 6 heteroatoms. The van der Waals surface area contributed by atoms with Gasteiger partial charge in [0.05, 0.1) is 12.9 Å². The Hall–Kier alpha value is -2.34. The van der Waals surface area contributed by atoms with Crippen molar-refractivity contribution in [2.45, 2.75) is 25.7 Å². The Bertz CT molecular complexity index is 698. The number of furan rings is 1. The SMILES string of the molecule is Cc1c(C(=O)OCCO)[nH]c2c1C(=O)CC(c1ccco1)C2. The quantitative estimate of drug-likeness (QED) is 0.842. The number of Topliss-reactive ketones (excluding diaryl/α,β-unsaturated/α-hetero) is 1. The molecular formula is C16H17NO5. The Balaban J connectivity index is 1.90. The average molecular weight is 303 g/mol. The zero-order valence-corrected chi connectivity index (χ0v) is 12.2. The fourth-order valence-corrected chi connectivity index (χ4v) is 2.97. The summed E-state index contributed by atoms with van der Waals surface area (Å²) in [6, 6.07) is 3.65. The van der Waals surface area contributed by atoms with Gasteiger partial charge in [0.1, 0.15) is 18.1 Å². The molecule has 0 fully saturated rings. The van der Waals surface area contributed by atoms with Crippen LogP contribution in [0.25, 0.3) is 0 Å². The number of ether oxygens (including phenoxy) is 1. The van der Waals surface area contributed by atoms with Crippen molar-refractivity contribution in [3.05, 3.63) is 46.7 Å². The van der Waals surface area contributed by atoms with Crippen LogP contribution in [0.1, 0.15) is 50.2 Å². The van der Waals surface area contributed by atoms with Crippen molar-refractivity contribution in [1.82, 2.24) is 4.98 Å².